The van der Waals surface area contributed by atoms with Crippen LogP contribution >= 0.6 is 11.6 Å². The lowest BCUT2D eigenvalue weighted by molar-refractivity contribution is -0.144. The van der Waals surface area contributed by atoms with Crippen LogP contribution in [0, 0.1) is 17.5 Å². The molecule has 4 heterocycles. The van der Waals surface area contributed by atoms with Gasteiger partial charge in [0.15, 0.2) is 17.4 Å². The van der Waals surface area contributed by atoms with Crippen molar-refractivity contribution in [3.8, 4) is 0 Å². The fraction of sp³-hybridized carbons (Fsp3) is 0.375. The highest BCUT2D eigenvalue weighted by molar-refractivity contribution is 6.31. The number of nitrogens with one attached hydrogen (secondary N) is 1. The maximum Gasteiger partial charge on any atom is 0.338 e. The number of benzene rings is 1. The van der Waals surface area contributed by atoms with Crippen LogP contribution in [0.3, 0.4) is 0 Å². The van der Waals surface area contributed by atoms with Gasteiger partial charge in [0.25, 0.3) is 0 Å². The number of esters is 1. The molecule has 5 rings (SSSR count). The second-order valence-electron chi connectivity index (χ2n) is 8.61. The summed E-state index contributed by atoms with van der Waals surface area (Å²) in [5.41, 5.74) is 0.531. The van der Waals surface area contributed by atoms with Gasteiger partial charge in [0.2, 0.25) is 0 Å². The van der Waals surface area contributed by atoms with E-state index in [1.807, 2.05) is 4.90 Å². The number of carbonyl (C=O) groups excluding carboxylic acids is 1. The number of hydrogen-bond acceptors (Lipinski definition) is 8. The predicted molar refractivity (Wildman–Crippen MR) is 123 cm³/mol. The summed E-state index contributed by atoms with van der Waals surface area (Å²) in [6, 6.07) is 3.29. The molecule has 0 bridgehead atoms. The summed E-state index contributed by atoms with van der Waals surface area (Å²) in [6.45, 7) is 2.26. The van der Waals surface area contributed by atoms with Crippen molar-refractivity contribution in [2.24, 2.45) is 4.99 Å². The monoisotopic (exact) mass is 522 g/mol. The average Bonchev–Trinajstić information content (AvgIpc) is 3.47. The lowest BCUT2D eigenvalue weighted by Gasteiger charge is -2.30. The third kappa shape index (κ3) is 4.71. The van der Waals surface area contributed by atoms with Crippen LogP contribution in [0.25, 0.3) is 0 Å². The summed E-state index contributed by atoms with van der Waals surface area (Å²) in [7, 11) is 1.22. The van der Waals surface area contributed by atoms with Crippen molar-refractivity contribution in [1.82, 2.24) is 15.2 Å². The molecule has 190 valence electrons. The minimum absolute atomic E-state index is 0.0196. The maximum atomic E-state index is 14.7. The molecule has 3 aliphatic heterocycles. The Labute approximate surface area is 209 Å². The first-order valence-electron chi connectivity index (χ1n) is 11.2. The zero-order valence-corrected chi connectivity index (χ0v) is 19.9. The molecule has 1 unspecified atom stereocenters. The molecule has 2 fully saturated rings. The van der Waals surface area contributed by atoms with Crippen LogP contribution < -0.4 is 5.32 Å². The van der Waals surface area contributed by atoms with Crippen molar-refractivity contribution in [3.63, 3.8) is 0 Å². The first-order chi connectivity index (χ1) is 17.3. The lowest BCUT2D eigenvalue weighted by Crippen LogP contribution is -2.41. The van der Waals surface area contributed by atoms with E-state index < -0.39 is 35.2 Å². The van der Waals surface area contributed by atoms with Crippen LogP contribution in [0.15, 0.2) is 46.7 Å². The van der Waals surface area contributed by atoms with Gasteiger partial charge in [-0.15, -0.1) is 0 Å². The second kappa shape index (κ2) is 9.81. The molecule has 1 aromatic heterocycles. The standard InChI is InChI=1S/C24H22ClF3N4O4/c1-34-23(33)19-18(11-32-5-4-24(12-32)35-6-7-36-24)30-22(21-17(28)9-14(27)10-29-21)31-20(19)15-3-2-13(26)8-16(15)25/h2-3,8-10,20H,4-7,11-12H2,1H3,(H,30,31). The molecule has 8 nitrogen and oxygen atoms in total. The molecular weight excluding hydrogens is 501 g/mol. The van der Waals surface area contributed by atoms with Crippen molar-refractivity contribution in [2.45, 2.75) is 18.2 Å². The van der Waals surface area contributed by atoms with Crippen LogP contribution in [0.1, 0.15) is 23.7 Å². The van der Waals surface area contributed by atoms with E-state index in [9.17, 15) is 18.0 Å². The highest BCUT2D eigenvalue weighted by atomic mass is 35.5. The Morgan fingerprint density at radius 2 is 2.03 bits per heavy atom. The highest BCUT2D eigenvalue weighted by Gasteiger charge is 2.44. The molecule has 0 saturated carbocycles. The van der Waals surface area contributed by atoms with Gasteiger partial charge in [-0.25, -0.2) is 22.9 Å². The number of hydrogen-bond donors (Lipinski definition) is 1. The number of rotatable bonds is 5. The summed E-state index contributed by atoms with van der Waals surface area (Å²) in [6.07, 6.45) is 1.50. The zero-order valence-electron chi connectivity index (χ0n) is 19.2. The molecule has 0 amide bonds. The Hall–Kier alpha value is -2.99. The highest BCUT2D eigenvalue weighted by Crippen LogP contribution is 2.38. The summed E-state index contributed by atoms with van der Waals surface area (Å²) in [5.74, 6) is -3.81. The van der Waals surface area contributed by atoms with Crippen molar-refractivity contribution in [3.05, 3.63) is 75.5 Å². The second-order valence-corrected chi connectivity index (χ2v) is 9.01. The van der Waals surface area contributed by atoms with E-state index in [0.29, 0.717) is 50.1 Å². The van der Waals surface area contributed by atoms with Gasteiger partial charge >= 0.3 is 5.97 Å². The summed E-state index contributed by atoms with van der Waals surface area (Å²) >= 11 is 6.33. The van der Waals surface area contributed by atoms with E-state index in [1.54, 1.807) is 0 Å². The molecule has 1 N–H and O–H groups in total. The molecule has 36 heavy (non-hydrogen) atoms. The molecule has 2 saturated heterocycles. The SMILES string of the molecule is COC(=O)C1=C(CN2CCC3(C2)OCCO3)NC(c2ncc(F)cc2F)=NC1c1ccc(F)cc1Cl. The van der Waals surface area contributed by atoms with E-state index in [1.165, 1.54) is 19.2 Å². The number of carbonyl (C=O) groups is 1. The number of methoxy groups -OCH3 is 1. The summed E-state index contributed by atoms with van der Waals surface area (Å²) in [5, 5.41) is 3.01. The third-order valence-corrected chi connectivity index (χ3v) is 6.62. The average molecular weight is 523 g/mol. The Kier molecular flexibility index (Phi) is 6.73. The largest absolute Gasteiger partial charge is 0.466 e. The lowest BCUT2D eigenvalue weighted by atomic mass is 9.95. The van der Waals surface area contributed by atoms with Gasteiger partial charge < -0.3 is 19.5 Å². The van der Waals surface area contributed by atoms with Crippen molar-refractivity contribution in [2.75, 3.05) is 40.0 Å². The van der Waals surface area contributed by atoms with Crippen molar-refractivity contribution in [1.29, 1.82) is 0 Å². The van der Waals surface area contributed by atoms with E-state index in [2.05, 4.69) is 15.3 Å². The fourth-order valence-electron chi connectivity index (χ4n) is 4.65. The Balaban J connectivity index is 1.59. The summed E-state index contributed by atoms with van der Waals surface area (Å²) < 4.78 is 58.7. The van der Waals surface area contributed by atoms with Gasteiger partial charge in [-0.1, -0.05) is 17.7 Å². The van der Waals surface area contributed by atoms with E-state index >= 15 is 0 Å². The van der Waals surface area contributed by atoms with Gasteiger partial charge in [0.1, 0.15) is 23.4 Å². The van der Waals surface area contributed by atoms with Gasteiger partial charge in [-0.3, -0.25) is 9.89 Å². The van der Waals surface area contributed by atoms with Crippen molar-refractivity contribution >= 4 is 23.4 Å². The van der Waals surface area contributed by atoms with Crippen LogP contribution in [0.4, 0.5) is 13.2 Å². The number of nitrogens with zero attached hydrogens (tertiary/aromatic N) is 3. The molecular formula is C24H22ClF3N4O4. The predicted octanol–water partition coefficient (Wildman–Crippen LogP) is 3.12. The smallest absolute Gasteiger partial charge is 0.338 e. The minimum atomic E-state index is -1.07. The third-order valence-electron chi connectivity index (χ3n) is 6.29. The molecule has 3 aliphatic rings. The quantitative estimate of drug-likeness (QED) is 0.604. The number of amidine groups is 1. The normalized spacial score (nSPS) is 21.6. The van der Waals surface area contributed by atoms with Gasteiger partial charge in [-0.2, -0.15) is 0 Å². The number of aromatic nitrogens is 1. The van der Waals surface area contributed by atoms with E-state index in [-0.39, 0.29) is 28.7 Å². The van der Waals surface area contributed by atoms with Crippen LogP contribution in [0.2, 0.25) is 5.02 Å². The van der Waals surface area contributed by atoms with Gasteiger partial charge in [-0.05, 0) is 12.1 Å². The molecule has 12 heteroatoms. The Bertz CT molecular complexity index is 1270. The van der Waals surface area contributed by atoms with Crippen LogP contribution in [-0.4, -0.2) is 67.4 Å². The number of halogens is 4. The van der Waals surface area contributed by atoms with E-state index in [0.717, 1.165) is 12.3 Å². The number of ether oxygens (including phenoxy) is 3. The first kappa shape index (κ1) is 24.7. The molecule has 2 aromatic rings. The zero-order chi connectivity index (χ0) is 25.4. The van der Waals surface area contributed by atoms with Crippen molar-refractivity contribution < 1.29 is 32.2 Å². The topological polar surface area (TPSA) is 85.3 Å². The molecule has 0 aliphatic carbocycles. The van der Waals surface area contributed by atoms with Gasteiger partial charge in [0.05, 0.1) is 38.6 Å². The van der Waals surface area contributed by atoms with E-state index in [4.69, 9.17) is 25.8 Å². The first-order valence-corrected chi connectivity index (χ1v) is 11.6. The number of aliphatic imine (C=N–C) groups is 1. The number of likely N-dealkylation sites (tertiary alicyclic amines) is 1. The maximum absolute atomic E-state index is 14.7. The van der Waals surface area contributed by atoms with Gasteiger partial charge in [0, 0.05) is 41.9 Å². The molecule has 1 atom stereocenters. The fourth-order valence-corrected chi connectivity index (χ4v) is 4.92. The Morgan fingerprint density at radius 3 is 2.72 bits per heavy atom. The molecule has 1 spiro atoms. The molecule has 1 aromatic carbocycles. The van der Waals surface area contributed by atoms with Crippen LogP contribution in [0.5, 0.6) is 0 Å². The Morgan fingerprint density at radius 1 is 1.25 bits per heavy atom. The minimum Gasteiger partial charge on any atom is -0.466 e. The number of pyridine rings is 1. The van der Waals surface area contributed by atoms with Crippen LogP contribution in [-0.2, 0) is 19.0 Å². The molecule has 0 radical (unpaired) electrons. The summed E-state index contributed by atoms with van der Waals surface area (Å²) in [4.78, 5) is 23.4.